The second-order valence-corrected chi connectivity index (χ2v) is 7.02. The second kappa shape index (κ2) is 7.92. The Hall–Kier alpha value is -2.33. The molecule has 0 spiro atoms. The molecule has 1 aliphatic carbocycles. The number of benzene rings is 2. The summed E-state index contributed by atoms with van der Waals surface area (Å²) < 4.78 is 5.25. The number of halogens is 1. The predicted molar refractivity (Wildman–Crippen MR) is 103 cm³/mol. The molecule has 3 rings (SSSR count). The van der Waals surface area contributed by atoms with E-state index in [-0.39, 0.29) is 24.5 Å². The third kappa shape index (κ3) is 4.07. The summed E-state index contributed by atoms with van der Waals surface area (Å²) in [4.78, 5) is 24.6. The fourth-order valence-corrected chi connectivity index (χ4v) is 3.41. The fourth-order valence-electron chi connectivity index (χ4n) is 3.26. The number of carbonyl (C=O) groups excluding carboxylic acids is 2. The number of hydrogen-bond acceptors (Lipinski definition) is 3. The smallest absolute Gasteiger partial charge is 0.224 e. The minimum absolute atomic E-state index is 0.00546. The van der Waals surface area contributed by atoms with Gasteiger partial charge in [0.05, 0.1) is 12.8 Å². The standard InChI is InChI=1S/C21H22ClNO3/c1-13-10-18(20(26-2)12-17(13)22)23-21(25)9-8-19(24)16-7-6-14-4-3-5-15(14)11-16/h6-7,10-12H,3-5,8-9H2,1-2H3,(H,23,25). The first-order valence-corrected chi connectivity index (χ1v) is 9.14. The monoisotopic (exact) mass is 371 g/mol. The first-order valence-electron chi connectivity index (χ1n) is 8.77. The normalized spacial score (nSPS) is 12.6. The molecule has 0 heterocycles. The number of Topliss-reactive ketones (excluding diaryl/α,β-unsaturated/α-hetero) is 1. The fraction of sp³-hybridized carbons (Fsp3) is 0.333. The maximum atomic E-state index is 12.4. The van der Waals surface area contributed by atoms with Crippen LogP contribution in [0.4, 0.5) is 5.69 Å². The van der Waals surface area contributed by atoms with Crippen LogP contribution >= 0.6 is 11.6 Å². The summed E-state index contributed by atoms with van der Waals surface area (Å²) in [6.07, 6.45) is 3.58. The topological polar surface area (TPSA) is 55.4 Å². The van der Waals surface area contributed by atoms with E-state index < -0.39 is 0 Å². The first kappa shape index (κ1) is 18.5. The Morgan fingerprint density at radius 3 is 2.65 bits per heavy atom. The molecule has 26 heavy (non-hydrogen) atoms. The summed E-state index contributed by atoms with van der Waals surface area (Å²) in [6, 6.07) is 9.32. The van der Waals surface area contributed by atoms with Crippen molar-refractivity contribution in [3.05, 3.63) is 57.6 Å². The molecule has 0 fully saturated rings. The lowest BCUT2D eigenvalue weighted by Crippen LogP contribution is -2.14. The molecule has 4 nitrogen and oxygen atoms in total. The Morgan fingerprint density at radius 2 is 1.88 bits per heavy atom. The van der Waals surface area contributed by atoms with Gasteiger partial charge in [0.2, 0.25) is 5.91 Å². The minimum atomic E-state index is -0.223. The van der Waals surface area contributed by atoms with Gasteiger partial charge in [0.25, 0.3) is 0 Å². The van der Waals surface area contributed by atoms with Crippen LogP contribution in [0.25, 0.3) is 0 Å². The van der Waals surface area contributed by atoms with Gasteiger partial charge < -0.3 is 10.1 Å². The van der Waals surface area contributed by atoms with Crippen LogP contribution in [0.15, 0.2) is 30.3 Å². The van der Waals surface area contributed by atoms with Gasteiger partial charge in [-0.15, -0.1) is 0 Å². The van der Waals surface area contributed by atoms with Crippen LogP contribution in [0, 0.1) is 6.92 Å². The van der Waals surface area contributed by atoms with E-state index in [4.69, 9.17) is 16.3 Å². The Kier molecular flexibility index (Phi) is 5.62. The van der Waals surface area contributed by atoms with E-state index in [1.165, 1.54) is 18.2 Å². The van der Waals surface area contributed by atoms with Crippen LogP contribution < -0.4 is 10.1 Å². The lowest BCUT2D eigenvalue weighted by atomic mass is 10.0. The van der Waals surface area contributed by atoms with Crippen LogP contribution in [0.2, 0.25) is 5.02 Å². The van der Waals surface area contributed by atoms with Crippen LogP contribution in [0.1, 0.15) is 46.3 Å². The summed E-state index contributed by atoms with van der Waals surface area (Å²) in [7, 11) is 1.52. The third-order valence-corrected chi connectivity index (χ3v) is 5.16. The van der Waals surface area contributed by atoms with Gasteiger partial charge >= 0.3 is 0 Å². The van der Waals surface area contributed by atoms with Gasteiger partial charge in [-0.25, -0.2) is 0 Å². The van der Waals surface area contributed by atoms with Crippen molar-refractivity contribution in [2.45, 2.75) is 39.0 Å². The van der Waals surface area contributed by atoms with E-state index in [0.29, 0.717) is 22.0 Å². The molecule has 0 saturated carbocycles. The summed E-state index contributed by atoms with van der Waals surface area (Å²) in [5, 5.41) is 3.38. The van der Waals surface area contributed by atoms with Gasteiger partial charge in [-0.2, -0.15) is 0 Å². The number of methoxy groups -OCH3 is 1. The van der Waals surface area contributed by atoms with Crippen LogP contribution in [-0.2, 0) is 17.6 Å². The maximum absolute atomic E-state index is 12.4. The van der Waals surface area contributed by atoms with E-state index in [0.717, 1.165) is 24.8 Å². The predicted octanol–water partition coefficient (Wildman–Crippen LogP) is 4.75. The molecule has 0 radical (unpaired) electrons. The molecule has 0 atom stereocenters. The van der Waals surface area contributed by atoms with Crippen molar-refractivity contribution < 1.29 is 14.3 Å². The highest BCUT2D eigenvalue weighted by molar-refractivity contribution is 6.31. The van der Waals surface area contributed by atoms with E-state index in [1.807, 2.05) is 25.1 Å². The molecule has 0 aromatic heterocycles. The van der Waals surface area contributed by atoms with Gasteiger partial charge in [0.1, 0.15) is 5.75 Å². The molecule has 1 aliphatic rings. The van der Waals surface area contributed by atoms with Crippen molar-refractivity contribution in [2.24, 2.45) is 0 Å². The summed E-state index contributed by atoms with van der Waals surface area (Å²) in [5.41, 5.74) is 4.70. The van der Waals surface area contributed by atoms with Gasteiger partial charge in [-0.3, -0.25) is 9.59 Å². The summed E-state index contributed by atoms with van der Waals surface area (Å²) in [6.45, 7) is 1.86. The average Bonchev–Trinajstić information content (AvgIpc) is 3.10. The van der Waals surface area contributed by atoms with Crippen LogP contribution in [-0.4, -0.2) is 18.8 Å². The number of ether oxygens (including phenoxy) is 1. The molecule has 2 aromatic rings. The number of ketones is 1. The minimum Gasteiger partial charge on any atom is -0.495 e. The maximum Gasteiger partial charge on any atom is 0.224 e. The Labute approximate surface area is 158 Å². The zero-order chi connectivity index (χ0) is 18.7. The van der Waals surface area contributed by atoms with Gasteiger partial charge in [-0.1, -0.05) is 23.7 Å². The van der Waals surface area contributed by atoms with E-state index in [1.54, 1.807) is 12.1 Å². The highest BCUT2D eigenvalue weighted by Crippen LogP contribution is 2.31. The van der Waals surface area contributed by atoms with Crippen LogP contribution in [0.3, 0.4) is 0 Å². The van der Waals surface area contributed by atoms with Crippen LogP contribution in [0.5, 0.6) is 5.75 Å². The molecule has 0 unspecified atom stereocenters. The average molecular weight is 372 g/mol. The van der Waals surface area contributed by atoms with E-state index in [9.17, 15) is 9.59 Å². The molecule has 0 aliphatic heterocycles. The SMILES string of the molecule is COc1cc(Cl)c(C)cc1NC(=O)CCC(=O)c1ccc2c(c1)CCC2. The highest BCUT2D eigenvalue weighted by Gasteiger charge is 2.16. The molecule has 1 amide bonds. The summed E-state index contributed by atoms with van der Waals surface area (Å²) in [5.74, 6) is 0.271. The Morgan fingerprint density at radius 1 is 1.12 bits per heavy atom. The number of fused-ring (bicyclic) bond motifs is 1. The number of carbonyl (C=O) groups is 2. The molecular formula is C21H22ClNO3. The first-order chi connectivity index (χ1) is 12.5. The van der Waals surface area contributed by atoms with Crippen molar-refractivity contribution in [2.75, 3.05) is 12.4 Å². The molecule has 1 N–H and O–H groups in total. The van der Waals surface area contributed by atoms with Crippen molar-refractivity contribution >= 4 is 29.0 Å². The van der Waals surface area contributed by atoms with Crippen molar-refractivity contribution in [3.63, 3.8) is 0 Å². The number of amides is 1. The molecular weight excluding hydrogens is 350 g/mol. The number of anilines is 1. The number of aryl methyl sites for hydroxylation is 3. The zero-order valence-corrected chi connectivity index (χ0v) is 15.8. The van der Waals surface area contributed by atoms with Gasteiger partial charge in [-0.05, 0) is 55.0 Å². The van der Waals surface area contributed by atoms with Crippen molar-refractivity contribution in [1.82, 2.24) is 0 Å². The number of rotatable bonds is 6. The molecule has 0 saturated heterocycles. The Balaban J connectivity index is 1.61. The van der Waals surface area contributed by atoms with E-state index >= 15 is 0 Å². The quantitative estimate of drug-likeness (QED) is 0.745. The lowest BCUT2D eigenvalue weighted by molar-refractivity contribution is -0.116. The molecule has 2 aromatic carbocycles. The van der Waals surface area contributed by atoms with Crippen molar-refractivity contribution in [3.8, 4) is 5.75 Å². The third-order valence-electron chi connectivity index (χ3n) is 4.75. The second-order valence-electron chi connectivity index (χ2n) is 6.61. The highest BCUT2D eigenvalue weighted by atomic mass is 35.5. The lowest BCUT2D eigenvalue weighted by Gasteiger charge is -2.12. The summed E-state index contributed by atoms with van der Waals surface area (Å²) >= 11 is 6.07. The zero-order valence-electron chi connectivity index (χ0n) is 15.0. The number of hydrogen-bond donors (Lipinski definition) is 1. The largest absolute Gasteiger partial charge is 0.495 e. The van der Waals surface area contributed by atoms with E-state index in [2.05, 4.69) is 5.32 Å². The van der Waals surface area contributed by atoms with Gasteiger partial charge in [0, 0.05) is 29.5 Å². The molecule has 0 bridgehead atoms. The molecule has 5 heteroatoms. The van der Waals surface area contributed by atoms with Gasteiger partial charge in [0.15, 0.2) is 5.78 Å². The molecule has 136 valence electrons. The van der Waals surface area contributed by atoms with Crippen molar-refractivity contribution in [1.29, 1.82) is 0 Å². The number of nitrogens with one attached hydrogen (secondary N) is 1. The Bertz CT molecular complexity index is 861.